The Labute approximate surface area is 124 Å². The Morgan fingerprint density at radius 1 is 1.26 bits per heavy atom. The third-order valence-corrected chi connectivity index (χ3v) is 3.52. The average Bonchev–Trinajstić information content (AvgIpc) is 2.39. The van der Waals surface area contributed by atoms with E-state index in [4.69, 9.17) is 5.73 Å². The molecule has 2 aromatic rings. The molecule has 4 N–H and O–H groups in total. The van der Waals surface area contributed by atoms with Crippen LogP contribution in [0.5, 0.6) is 5.75 Å². The summed E-state index contributed by atoms with van der Waals surface area (Å²) in [4.78, 5) is 11.9. The fraction of sp³-hybridized carbons (Fsp3) is 0.0714. The lowest BCUT2D eigenvalue weighted by Gasteiger charge is -2.07. The van der Waals surface area contributed by atoms with Gasteiger partial charge in [0, 0.05) is 17.8 Å². The minimum absolute atomic E-state index is 0.109. The fourth-order valence-electron chi connectivity index (χ4n) is 1.64. The molecule has 2 aromatic carbocycles. The zero-order valence-electron chi connectivity index (χ0n) is 10.1. The van der Waals surface area contributed by atoms with Crippen LogP contribution >= 0.6 is 22.6 Å². The third-order valence-electron chi connectivity index (χ3n) is 2.61. The lowest BCUT2D eigenvalue weighted by atomic mass is 10.1. The predicted octanol–water partition coefficient (Wildman–Crippen LogP) is 2.51. The Bertz CT molecular complexity index is 614. The number of anilines is 1. The quantitative estimate of drug-likeness (QED) is 0.576. The maximum Gasteiger partial charge on any atom is 0.251 e. The number of nitrogens with one attached hydrogen (secondary N) is 1. The standard InChI is InChI=1S/C14H13IN2O2/c15-12-5-4-10(7-13(12)18)14(19)17-8-9-2-1-3-11(16)6-9/h1-7,18H,8,16H2,(H,17,19). The number of nitrogens with two attached hydrogens (primary N) is 1. The normalized spacial score (nSPS) is 10.2. The van der Waals surface area contributed by atoms with Crippen molar-refractivity contribution >= 4 is 34.2 Å². The van der Waals surface area contributed by atoms with Crippen molar-refractivity contribution in [1.29, 1.82) is 0 Å². The van der Waals surface area contributed by atoms with E-state index >= 15 is 0 Å². The first-order valence-corrected chi connectivity index (χ1v) is 6.75. The van der Waals surface area contributed by atoms with Gasteiger partial charge in [0.05, 0.1) is 3.57 Å². The average molecular weight is 368 g/mol. The topological polar surface area (TPSA) is 75.3 Å². The van der Waals surface area contributed by atoms with E-state index in [0.29, 0.717) is 21.4 Å². The highest BCUT2D eigenvalue weighted by Gasteiger charge is 2.07. The molecule has 4 nitrogen and oxygen atoms in total. The number of carbonyl (C=O) groups excluding carboxylic acids is 1. The van der Waals surface area contributed by atoms with Crippen LogP contribution in [0.25, 0.3) is 0 Å². The molecule has 0 aromatic heterocycles. The first kappa shape index (κ1) is 13.7. The summed E-state index contributed by atoms with van der Waals surface area (Å²) in [6.45, 7) is 0.399. The molecule has 0 radical (unpaired) electrons. The van der Waals surface area contributed by atoms with E-state index in [1.165, 1.54) is 6.07 Å². The van der Waals surface area contributed by atoms with Crippen molar-refractivity contribution in [2.45, 2.75) is 6.54 Å². The summed E-state index contributed by atoms with van der Waals surface area (Å²) in [7, 11) is 0. The molecule has 0 saturated heterocycles. The van der Waals surface area contributed by atoms with E-state index in [-0.39, 0.29) is 11.7 Å². The summed E-state index contributed by atoms with van der Waals surface area (Å²) < 4.78 is 0.713. The Hall–Kier alpha value is -1.76. The SMILES string of the molecule is Nc1cccc(CNC(=O)c2ccc(I)c(O)c2)c1. The molecule has 0 heterocycles. The van der Waals surface area contributed by atoms with Gasteiger partial charge < -0.3 is 16.2 Å². The van der Waals surface area contributed by atoms with Gasteiger partial charge in [0.15, 0.2) is 0 Å². The van der Waals surface area contributed by atoms with Gasteiger partial charge in [0.2, 0.25) is 0 Å². The molecule has 98 valence electrons. The maximum atomic E-state index is 11.9. The van der Waals surface area contributed by atoms with Crippen molar-refractivity contribution in [3.8, 4) is 5.75 Å². The van der Waals surface area contributed by atoms with Crippen molar-refractivity contribution in [3.63, 3.8) is 0 Å². The van der Waals surface area contributed by atoms with Crippen LogP contribution in [0.3, 0.4) is 0 Å². The second-order valence-electron chi connectivity index (χ2n) is 4.09. The molecule has 0 aliphatic heterocycles. The molecule has 0 saturated carbocycles. The van der Waals surface area contributed by atoms with Gasteiger partial charge in [-0.2, -0.15) is 0 Å². The van der Waals surface area contributed by atoms with Crippen LogP contribution in [0, 0.1) is 3.57 Å². The highest BCUT2D eigenvalue weighted by atomic mass is 127. The monoisotopic (exact) mass is 368 g/mol. The Balaban J connectivity index is 2.03. The summed E-state index contributed by atoms with van der Waals surface area (Å²) in [6.07, 6.45) is 0. The number of rotatable bonds is 3. The summed E-state index contributed by atoms with van der Waals surface area (Å²) in [6, 6.07) is 12.2. The van der Waals surface area contributed by atoms with Crippen molar-refractivity contribution < 1.29 is 9.90 Å². The summed E-state index contributed by atoms with van der Waals surface area (Å²) in [5.41, 5.74) is 7.70. The first-order valence-electron chi connectivity index (χ1n) is 5.67. The summed E-state index contributed by atoms with van der Waals surface area (Å²) >= 11 is 2.00. The number of carbonyl (C=O) groups is 1. The number of hydrogen-bond donors (Lipinski definition) is 3. The van der Waals surface area contributed by atoms with Gasteiger partial charge in [-0.05, 0) is 58.5 Å². The minimum atomic E-state index is -0.228. The van der Waals surface area contributed by atoms with Crippen molar-refractivity contribution in [2.75, 3.05) is 5.73 Å². The fourth-order valence-corrected chi connectivity index (χ4v) is 1.98. The Morgan fingerprint density at radius 2 is 2.05 bits per heavy atom. The first-order chi connectivity index (χ1) is 9.06. The highest BCUT2D eigenvalue weighted by Crippen LogP contribution is 2.20. The highest BCUT2D eigenvalue weighted by molar-refractivity contribution is 14.1. The molecule has 5 heteroatoms. The molecule has 0 aliphatic carbocycles. The van der Waals surface area contributed by atoms with E-state index in [1.807, 2.05) is 40.8 Å². The maximum absolute atomic E-state index is 11.9. The van der Waals surface area contributed by atoms with Crippen LogP contribution in [0.2, 0.25) is 0 Å². The predicted molar refractivity (Wildman–Crippen MR) is 82.8 cm³/mol. The third kappa shape index (κ3) is 3.60. The molecule has 0 atom stereocenters. The number of phenolic OH excluding ortho intramolecular Hbond substituents is 1. The smallest absolute Gasteiger partial charge is 0.251 e. The number of halogens is 1. The van der Waals surface area contributed by atoms with Gasteiger partial charge >= 0.3 is 0 Å². The van der Waals surface area contributed by atoms with Gasteiger partial charge in [0.1, 0.15) is 5.75 Å². The van der Waals surface area contributed by atoms with E-state index in [1.54, 1.807) is 18.2 Å². The van der Waals surface area contributed by atoms with Gasteiger partial charge in [-0.25, -0.2) is 0 Å². The molecular formula is C14H13IN2O2. The number of benzene rings is 2. The largest absolute Gasteiger partial charge is 0.507 e. The van der Waals surface area contributed by atoms with Gasteiger partial charge in [0.25, 0.3) is 5.91 Å². The van der Waals surface area contributed by atoms with E-state index in [9.17, 15) is 9.90 Å². The molecule has 2 rings (SSSR count). The Kier molecular flexibility index (Phi) is 4.26. The minimum Gasteiger partial charge on any atom is -0.507 e. The molecule has 0 unspecified atom stereocenters. The van der Waals surface area contributed by atoms with Gasteiger partial charge in [-0.3, -0.25) is 4.79 Å². The van der Waals surface area contributed by atoms with Gasteiger partial charge in [-0.1, -0.05) is 12.1 Å². The van der Waals surface area contributed by atoms with Crippen LogP contribution in [0.1, 0.15) is 15.9 Å². The second kappa shape index (κ2) is 5.92. The zero-order valence-corrected chi connectivity index (χ0v) is 12.2. The van der Waals surface area contributed by atoms with Crippen molar-refractivity contribution in [1.82, 2.24) is 5.32 Å². The van der Waals surface area contributed by atoms with E-state index in [0.717, 1.165) is 5.56 Å². The molecule has 1 amide bonds. The number of nitrogen functional groups attached to an aromatic ring is 1. The number of amides is 1. The molecule has 19 heavy (non-hydrogen) atoms. The van der Waals surface area contributed by atoms with Crippen LogP contribution in [0.15, 0.2) is 42.5 Å². The van der Waals surface area contributed by atoms with E-state index in [2.05, 4.69) is 5.32 Å². The second-order valence-corrected chi connectivity index (χ2v) is 5.26. The summed E-state index contributed by atoms with van der Waals surface area (Å²) in [5, 5.41) is 12.3. The molecule has 0 fully saturated rings. The van der Waals surface area contributed by atoms with E-state index < -0.39 is 0 Å². The molecule has 0 spiro atoms. The Morgan fingerprint density at radius 3 is 2.74 bits per heavy atom. The van der Waals surface area contributed by atoms with Crippen LogP contribution in [0.4, 0.5) is 5.69 Å². The molecule has 0 aliphatic rings. The number of phenols is 1. The number of aromatic hydroxyl groups is 1. The zero-order chi connectivity index (χ0) is 13.8. The lowest BCUT2D eigenvalue weighted by Crippen LogP contribution is -2.22. The van der Waals surface area contributed by atoms with Gasteiger partial charge in [-0.15, -0.1) is 0 Å². The number of hydrogen-bond acceptors (Lipinski definition) is 3. The molecular weight excluding hydrogens is 355 g/mol. The van der Waals surface area contributed by atoms with Crippen LogP contribution < -0.4 is 11.1 Å². The lowest BCUT2D eigenvalue weighted by molar-refractivity contribution is 0.0950. The van der Waals surface area contributed by atoms with Crippen LogP contribution in [-0.2, 0) is 6.54 Å². The van der Waals surface area contributed by atoms with Crippen LogP contribution in [-0.4, -0.2) is 11.0 Å². The summed E-state index contributed by atoms with van der Waals surface area (Å²) in [5.74, 6) is -0.119. The molecule has 0 bridgehead atoms. The van der Waals surface area contributed by atoms with Crippen molar-refractivity contribution in [3.05, 3.63) is 57.2 Å². The van der Waals surface area contributed by atoms with Crippen molar-refractivity contribution in [2.24, 2.45) is 0 Å².